The van der Waals surface area contributed by atoms with Crippen molar-refractivity contribution in [2.75, 3.05) is 13.7 Å². The van der Waals surface area contributed by atoms with Gasteiger partial charge in [-0.2, -0.15) is 0 Å². The minimum atomic E-state index is -1.34. The summed E-state index contributed by atoms with van der Waals surface area (Å²) >= 11 is 6.09. The van der Waals surface area contributed by atoms with Crippen LogP contribution >= 0.6 is 11.6 Å². The molecule has 6 heteroatoms. The molecule has 2 rings (SSSR count). The normalized spacial score (nSPS) is 13.2. The van der Waals surface area contributed by atoms with Crippen molar-refractivity contribution in [3.05, 3.63) is 64.7 Å². The van der Waals surface area contributed by atoms with Crippen LogP contribution in [-0.4, -0.2) is 30.2 Å². The number of hydrogen-bond acceptors (Lipinski definition) is 4. The van der Waals surface area contributed by atoms with Crippen LogP contribution in [-0.2, 0) is 17.8 Å². The lowest BCUT2D eigenvalue weighted by atomic mass is 9.91. The molecule has 0 aliphatic carbocycles. The number of nitrogens with two attached hydrogens (primary N) is 1. The second-order valence-electron chi connectivity index (χ2n) is 5.59. The van der Waals surface area contributed by atoms with E-state index in [9.17, 15) is 9.90 Å². The summed E-state index contributed by atoms with van der Waals surface area (Å²) in [5.41, 5.74) is 6.37. The predicted molar refractivity (Wildman–Crippen MR) is 94.0 cm³/mol. The molecule has 0 saturated carbocycles. The lowest BCUT2D eigenvalue weighted by molar-refractivity contribution is -0.127. The molecule has 0 unspecified atom stereocenters. The first-order valence-electron chi connectivity index (χ1n) is 7.55. The summed E-state index contributed by atoms with van der Waals surface area (Å²) in [6, 6.07) is 14.7. The van der Waals surface area contributed by atoms with Crippen molar-refractivity contribution in [3.63, 3.8) is 0 Å². The number of amides is 1. The Kier molecular flexibility index (Phi) is 6.20. The van der Waals surface area contributed by atoms with Crippen molar-refractivity contribution in [2.45, 2.75) is 18.6 Å². The van der Waals surface area contributed by atoms with Crippen LogP contribution in [0.4, 0.5) is 0 Å². The summed E-state index contributed by atoms with van der Waals surface area (Å²) in [4.78, 5) is 11.8. The minimum Gasteiger partial charge on any atom is -0.489 e. The molecule has 0 aromatic heterocycles. The van der Waals surface area contributed by atoms with E-state index < -0.39 is 18.1 Å². The van der Waals surface area contributed by atoms with Gasteiger partial charge in [-0.25, -0.2) is 0 Å². The highest BCUT2D eigenvalue weighted by atomic mass is 35.5. The third kappa shape index (κ3) is 4.47. The van der Waals surface area contributed by atoms with E-state index in [-0.39, 0.29) is 6.42 Å². The predicted octanol–water partition coefficient (Wildman–Crippen LogP) is 1.90. The second kappa shape index (κ2) is 8.15. The molecule has 1 atom stereocenters. The maximum Gasteiger partial charge on any atom is 0.242 e. The molecule has 2 aromatic rings. The Hall–Kier alpha value is -2.08. The van der Waals surface area contributed by atoms with Crippen molar-refractivity contribution in [2.24, 2.45) is 5.73 Å². The van der Waals surface area contributed by atoms with E-state index in [2.05, 4.69) is 5.32 Å². The molecule has 128 valence electrons. The molecule has 24 heavy (non-hydrogen) atoms. The van der Waals surface area contributed by atoms with Crippen molar-refractivity contribution in [3.8, 4) is 5.75 Å². The van der Waals surface area contributed by atoms with Gasteiger partial charge in [-0.1, -0.05) is 41.9 Å². The van der Waals surface area contributed by atoms with Gasteiger partial charge in [0.25, 0.3) is 0 Å². The van der Waals surface area contributed by atoms with Crippen LogP contribution in [0.1, 0.15) is 11.1 Å². The Morgan fingerprint density at radius 3 is 2.50 bits per heavy atom. The molecule has 4 N–H and O–H groups in total. The monoisotopic (exact) mass is 348 g/mol. The number of likely N-dealkylation sites (N-methyl/N-ethyl adjacent to an activating group) is 1. The third-order valence-electron chi connectivity index (χ3n) is 3.76. The van der Waals surface area contributed by atoms with Gasteiger partial charge in [0, 0.05) is 24.1 Å². The summed E-state index contributed by atoms with van der Waals surface area (Å²) in [5, 5.41) is 12.5. The fourth-order valence-corrected chi connectivity index (χ4v) is 2.49. The summed E-state index contributed by atoms with van der Waals surface area (Å²) < 4.78 is 5.71. The Morgan fingerprint density at radius 2 is 1.92 bits per heavy atom. The Labute approximate surface area is 146 Å². The minimum absolute atomic E-state index is 0.230. The molecule has 0 aliphatic heterocycles. The summed E-state index contributed by atoms with van der Waals surface area (Å²) in [7, 11) is 1.49. The van der Waals surface area contributed by atoms with E-state index in [4.69, 9.17) is 22.1 Å². The van der Waals surface area contributed by atoms with Gasteiger partial charge in [0.2, 0.25) is 5.91 Å². The lowest BCUT2D eigenvalue weighted by Gasteiger charge is -2.25. The van der Waals surface area contributed by atoms with Crippen molar-refractivity contribution < 1.29 is 14.6 Å². The highest BCUT2D eigenvalue weighted by Crippen LogP contribution is 2.20. The Bertz CT molecular complexity index is 691. The third-order valence-corrected chi connectivity index (χ3v) is 4.13. The van der Waals surface area contributed by atoms with Gasteiger partial charge in [0.15, 0.2) is 0 Å². The van der Waals surface area contributed by atoms with E-state index in [1.54, 1.807) is 12.1 Å². The van der Waals surface area contributed by atoms with Crippen molar-refractivity contribution in [1.82, 2.24) is 5.32 Å². The SMILES string of the molecule is CNC(=O)[C@@](N)(CO)Cc1ccc(OCc2ccccc2Cl)cc1. The number of aliphatic hydroxyl groups excluding tert-OH is 1. The molecular formula is C18H21ClN2O3. The van der Waals surface area contributed by atoms with Crippen molar-refractivity contribution in [1.29, 1.82) is 0 Å². The molecule has 0 fully saturated rings. The van der Waals surface area contributed by atoms with Gasteiger partial charge in [-0.3, -0.25) is 4.79 Å². The maximum absolute atomic E-state index is 11.8. The zero-order valence-electron chi connectivity index (χ0n) is 13.5. The van der Waals surface area contributed by atoms with Gasteiger partial charge in [-0.05, 0) is 23.8 Å². The average Bonchev–Trinajstić information content (AvgIpc) is 2.61. The Morgan fingerprint density at radius 1 is 1.25 bits per heavy atom. The highest BCUT2D eigenvalue weighted by Gasteiger charge is 2.32. The van der Waals surface area contributed by atoms with E-state index >= 15 is 0 Å². The van der Waals surface area contributed by atoms with Crippen LogP contribution in [0, 0.1) is 0 Å². The summed E-state index contributed by atoms with van der Waals surface area (Å²) in [5.74, 6) is 0.286. The van der Waals surface area contributed by atoms with Crippen LogP contribution in [0.3, 0.4) is 0 Å². The summed E-state index contributed by atoms with van der Waals surface area (Å²) in [6.45, 7) is -0.0633. The van der Waals surface area contributed by atoms with E-state index in [0.29, 0.717) is 17.4 Å². The number of ether oxygens (including phenoxy) is 1. The van der Waals surface area contributed by atoms with Crippen LogP contribution in [0.15, 0.2) is 48.5 Å². The molecule has 0 aliphatic rings. The molecule has 0 heterocycles. The van der Waals surface area contributed by atoms with Gasteiger partial charge in [0.05, 0.1) is 6.61 Å². The molecule has 0 saturated heterocycles. The molecule has 1 amide bonds. The van der Waals surface area contributed by atoms with E-state index in [1.807, 2.05) is 36.4 Å². The van der Waals surface area contributed by atoms with Crippen LogP contribution in [0.5, 0.6) is 5.75 Å². The number of carbonyl (C=O) groups is 1. The quantitative estimate of drug-likeness (QED) is 0.713. The van der Waals surface area contributed by atoms with Gasteiger partial charge in [-0.15, -0.1) is 0 Å². The molecule has 0 spiro atoms. The number of rotatable bonds is 7. The van der Waals surface area contributed by atoms with Gasteiger partial charge < -0.3 is 20.9 Å². The van der Waals surface area contributed by atoms with Crippen LogP contribution in [0.2, 0.25) is 5.02 Å². The van der Waals surface area contributed by atoms with Gasteiger partial charge >= 0.3 is 0 Å². The average molecular weight is 349 g/mol. The standard InChI is InChI=1S/C18H21ClN2O3/c1-21-17(23)18(20,12-22)10-13-6-8-15(9-7-13)24-11-14-4-2-3-5-16(14)19/h2-9,22H,10-12,20H2,1H3,(H,21,23)/t18-/m0/s1. The number of carbonyl (C=O) groups excluding carboxylic acids is 1. The zero-order chi connectivity index (χ0) is 17.6. The second-order valence-corrected chi connectivity index (χ2v) is 6.00. The molecular weight excluding hydrogens is 328 g/mol. The first kappa shape index (κ1) is 18.3. The lowest BCUT2D eigenvalue weighted by Crippen LogP contribution is -2.57. The zero-order valence-corrected chi connectivity index (χ0v) is 14.2. The first-order chi connectivity index (χ1) is 11.5. The largest absolute Gasteiger partial charge is 0.489 e. The van der Waals surface area contributed by atoms with E-state index in [1.165, 1.54) is 7.05 Å². The fourth-order valence-electron chi connectivity index (χ4n) is 2.30. The maximum atomic E-state index is 11.8. The molecule has 0 radical (unpaired) electrons. The molecule has 0 bridgehead atoms. The van der Waals surface area contributed by atoms with Crippen molar-refractivity contribution >= 4 is 17.5 Å². The fraction of sp³-hybridized carbons (Fsp3) is 0.278. The topological polar surface area (TPSA) is 84.6 Å². The number of halogens is 1. The van der Waals surface area contributed by atoms with Crippen LogP contribution < -0.4 is 15.8 Å². The number of benzene rings is 2. The summed E-state index contributed by atoms with van der Waals surface area (Å²) in [6.07, 6.45) is 0.230. The highest BCUT2D eigenvalue weighted by molar-refractivity contribution is 6.31. The van der Waals surface area contributed by atoms with Crippen LogP contribution in [0.25, 0.3) is 0 Å². The first-order valence-corrected chi connectivity index (χ1v) is 7.93. The number of hydrogen-bond donors (Lipinski definition) is 3. The molecule has 2 aromatic carbocycles. The molecule has 5 nitrogen and oxygen atoms in total. The smallest absolute Gasteiger partial charge is 0.242 e. The van der Waals surface area contributed by atoms with Gasteiger partial charge in [0.1, 0.15) is 17.9 Å². The van der Waals surface area contributed by atoms with E-state index in [0.717, 1.165) is 11.1 Å². The number of aliphatic hydroxyl groups is 1. The Balaban J connectivity index is 2.00. The number of nitrogens with one attached hydrogen (secondary N) is 1.